The van der Waals surface area contributed by atoms with Gasteiger partial charge in [0.05, 0.1) is 12.0 Å². The molecule has 0 radical (unpaired) electrons. The SMILES string of the molecule is CCCc1cc(=O)oc2cc(O[C@@H](C)C(=O)N[C@H](Cc3c[nH]c4ccc(O)cc34)C(=O)[O-])ccc12. The molecule has 2 atom stereocenters. The Morgan fingerprint density at radius 1 is 1.14 bits per heavy atom. The summed E-state index contributed by atoms with van der Waals surface area (Å²) in [5, 5.41) is 25.4. The van der Waals surface area contributed by atoms with Crippen LogP contribution in [0.25, 0.3) is 21.9 Å². The number of hydrogen-bond acceptors (Lipinski definition) is 7. The van der Waals surface area contributed by atoms with Crippen molar-refractivity contribution in [2.75, 3.05) is 0 Å². The van der Waals surface area contributed by atoms with Crippen molar-refractivity contribution >= 4 is 33.7 Å². The van der Waals surface area contributed by atoms with Crippen LogP contribution < -0.4 is 20.8 Å². The lowest BCUT2D eigenvalue weighted by atomic mass is 10.0. The number of hydrogen-bond donors (Lipinski definition) is 3. The maximum absolute atomic E-state index is 12.7. The van der Waals surface area contributed by atoms with Gasteiger partial charge in [0.15, 0.2) is 6.10 Å². The molecule has 0 saturated heterocycles. The van der Waals surface area contributed by atoms with Gasteiger partial charge in [-0.1, -0.05) is 13.3 Å². The molecule has 0 spiro atoms. The Morgan fingerprint density at radius 2 is 1.94 bits per heavy atom. The third-order valence-electron chi connectivity index (χ3n) is 5.78. The molecule has 35 heavy (non-hydrogen) atoms. The maximum Gasteiger partial charge on any atom is 0.336 e. The van der Waals surface area contributed by atoms with Gasteiger partial charge >= 0.3 is 5.63 Å². The number of H-pyrrole nitrogens is 1. The number of phenols is 1. The first-order valence-electron chi connectivity index (χ1n) is 11.3. The van der Waals surface area contributed by atoms with Gasteiger partial charge in [0.2, 0.25) is 0 Å². The molecule has 9 heteroatoms. The van der Waals surface area contributed by atoms with Crippen molar-refractivity contribution in [1.29, 1.82) is 0 Å². The zero-order valence-electron chi connectivity index (χ0n) is 19.3. The molecule has 4 rings (SSSR count). The van der Waals surface area contributed by atoms with E-state index in [1.807, 2.05) is 6.92 Å². The predicted molar refractivity (Wildman–Crippen MR) is 127 cm³/mol. The second-order valence-corrected chi connectivity index (χ2v) is 8.39. The van der Waals surface area contributed by atoms with Crippen LogP contribution in [0, 0.1) is 0 Å². The average molecular weight is 477 g/mol. The van der Waals surface area contributed by atoms with Crippen molar-refractivity contribution in [3.63, 3.8) is 0 Å². The molecule has 0 aliphatic carbocycles. The topological polar surface area (TPSA) is 145 Å². The Balaban J connectivity index is 1.48. The lowest BCUT2D eigenvalue weighted by Crippen LogP contribution is -2.52. The van der Waals surface area contributed by atoms with E-state index in [9.17, 15) is 24.6 Å². The van der Waals surface area contributed by atoms with Crippen LogP contribution in [-0.2, 0) is 22.4 Å². The molecule has 9 nitrogen and oxygen atoms in total. The normalized spacial score (nSPS) is 13.0. The van der Waals surface area contributed by atoms with Gasteiger partial charge in [-0.3, -0.25) is 4.79 Å². The van der Waals surface area contributed by atoms with E-state index >= 15 is 0 Å². The number of aliphatic carboxylic acids is 1. The summed E-state index contributed by atoms with van der Waals surface area (Å²) in [5.74, 6) is -1.75. The number of benzene rings is 2. The monoisotopic (exact) mass is 477 g/mol. The number of fused-ring (bicyclic) bond motifs is 2. The minimum atomic E-state index is -1.45. The molecule has 0 unspecified atom stereocenters. The van der Waals surface area contributed by atoms with E-state index in [1.54, 1.807) is 24.4 Å². The average Bonchev–Trinajstić information content (AvgIpc) is 3.20. The van der Waals surface area contributed by atoms with Crippen molar-refractivity contribution in [1.82, 2.24) is 10.3 Å². The Labute approximate surface area is 200 Å². The fraction of sp³-hybridized carbons (Fsp3) is 0.269. The van der Waals surface area contributed by atoms with E-state index in [0.29, 0.717) is 22.3 Å². The van der Waals surface area contributed by atoms with Crippen LogP contribution in [0.2, 0.25) is 0 Å². The number of carboxylic acid groups (broad SMARTS) is 1. The number of aromatic amines is 1. The number of carboxylic acids is 1. The smallest absolute Gasteiger partial charge is 0.336 e. The van der Waals surface area contributed by atoms with E-state index in [4.69, 9.17) is 9.15 Å². The first kappa shape index (κ1) is 23.9. The van der Waals surface area contributed by atoms with E-state index < -0.39 is 29.6 Å². The molecule has 2 aromatic carbocycles. The van der Waals surface area contributed by atoms with Gasteiger partial charge in [0, 0.05) is 41.0 Å². The standard InChI is InChI=1S/C26H26N2O7/c1-3-4-15-10-24(30)35-23-12-18(6-7-19(15)23)34-14(2)25(31)28-22(26(32)33)9-16-13-27-21-8-5-17(29)11-20(16)21/h5-8,10-14,22,27,29H,3-4,9H2,1-2H3,(H,28,31)(H,32,33)/p-1/t14-,22+/m0/s1. The molecule has 3 N–H and O–H groups in total. The second kappa shape index (κ2) is 9.92. The molecule has 0 aliphatic heterocycles. The van der Waals surface area contributed by atoms with E-state index in [2.05, 4.69) is 10.3 Å². The van der Waals surface area contributed by atoms with Crippen LogP contribution in [0.1, 0.15) is 31.4 Å². The molecule has 0 aliphatic rings. The van der Waals surface area contributed by atoms with Crippen molar-refractivity contribution in [3.8, 4) is 11.5 Å². The Hall–Kier alpha value is -4.27. The molecule has 2 aromatic heterocycles. The van der Waals surface area contributed by atoms with Crippen molar-refractivity contribution in [3.05, 3.63) is 70.2 Å². The third kappa shape index (κ3) is 5.29. The Bertz CT molecular complexity index is 1450. The summed E-state index contributed by atoms with van der Waals surface area (Å²) in [7, 11) is 0. The fourth-order valence-electron chi connectivity index (χ4n) is 4.05. The summed E-state index contributed by atoms with van der Waals surface area (Å²) in [6.07, 6.45) is 2.13. The molecule has 182 valence electrons. The van der Waals surface area contributed by atoms with Crippen molar-refractivity contribution in [2.24, 2.45) is 0 Å². The highest BCUT2D eigenvalue weighted by molar-refractivity contribution is 5.88. The zero-order valence-corrected chi connectivity index (χ0v) is 19.3. The molecule has 1 amide bonds. The number of aryl methyl sites for hydroxylation is 1. The minimum absolute atomic E-state index is 0.0439. The molecule has 0 fully saturated rings. The van der Waals surface area contributed by atoms with Gasteiger partial charge in [-0.05, 0) is 54.8 Å². The van der Waals surface area contributed by atoms with Gasteiger partial charge < -0.3 is 34.5 Å². The van der Waals surface area contributed by atoms with Gasteiger partial charge in [-0.15, -0.1) is 0 Å². The number of carbonyl (C=O) groups is 2. The lowest BCUT2D eigenvalue weighted by molar-refractivity contribution is -0.308. The quantitative estimate of drug-likeness (QED) is 0.313. The maximum atomic E-state index is 12.7. The summed E-state index contributed by atoms with van der Waals surface area (Å²) < 4.78 is 11.0. The number of carbonyl (C=O) groups excluding carboxylic acids is 2. The highest BCUT2D eigenvalue weighted by atomic mass is 16.5. The molecule has 4 aromatic rings. The first-order chi connectivity index (χ1) is 16.7. The first-order valence-corrected chi connectivity index (χ1v) is 11.3. The Morgan fingerprint density at radius 3 is 2.69 bits per heavy atom. The van der Waals surface area contributed by atoms with Gasteiger partial charge in [-0.2, -0.15) is 0 Å². The van der Waals surface area contributed by atoms with E-state index in [1.165, 1.54) is 31.2 Å². The molecular formula is C26H25N2O7-. The fourth-order valence-corrected chi connectivity index (χ4v) is 4.05. The number of nitrogens with one attached hydrogen (secondary N) is 2. The van der Waals surface area contributed by atoms with E-state index in [0.717, 1.165) is 29.3 Å². The largest absolute Gasteiger partial charge is 0.548 e. The number of amides is 1. The van der Waals surface area contributed by atoms with Crippen LogP contribution in [0.4, 0.5) is 0 Å². The van der Waals surface area contributed by atoms with E-state index in [-0.39, 0.29) is 12.2 Å². The highest BCUT2D eigenvalue weighted by Gasteiger charge is 2.22. The van der Waals surface area contributed by atoms with Crippen LogP contribution in [0.5, 0.6) is 11.5 Å². The van der Waals surface area contributed by atoms with Gasteiger partial charge in [0.1, 0.15) is 17.1 Å². The predicted octanol–water partition coefficient (Wildman–Crippen LogP) is 2.18. The lowest BCUT2D eigenvalue weighted by Gasteiger charge is -2.22. The number of aromatic hydroxyl groups is 1. The second-order valence-electron chi connectivity index (χ2n) is 8.39. The summed E-state index contributed by atoms with van der Waals surface area (Å²) in [5.41, 5.74) is 2.08. The third-order valence-corrected chi connectivity index (χ3v) is 5.78. The summed E-state index contributed by atoms with van der Waals surface area (Å²) in [6.45, 7) is 3.50. The number of ether oxygens (including phenoxy) is 1. The Kier molecular flexibility index (Phi) is 6.77. The molecule has 0 bridgehead atoms. The zero-order chi connectivity index (χ0) is 25.1. The highest BCUT2D eigenvalue weighted by Crippen LogP contribution is 2.25. The van der Waals surface area contributed by atoms with Crippen LogP contribution >= 0.6 is 0 Å². The van der Waals surface area contributed by atoms with Crippen LogP contribution in [-0.4, -0.2) is 34.1 Å². The van der Waals surface area contributed by atoms with Crippen LogP contribution in [0.15, 0.2) is 57.9 Å². The van der Waals surface area contributed by atoms with Crippen molar-refractivity contribution in [2.45, 2.75) is 45.3 Å². The molecular weight excluding hydrogens is 452 g/mol. The summed E-state index contributed by atoms with van der Waals surface area (Å²) in [4.78, 5) is 39.4. The number of rotatable bonds is 9. The number of aromatic nitrogens is 1. The summed E-state index contributed by atoms with van der Waals surface area (Å²) >= 11 is 0. The number of phenolic OH excluding ortho intramolecular Hbond substituents is 1. The van der Waals surface area contributed by atoms with Gasteiger partial charge in [-0.25, -0.2) is 4.79 Å². The van der Waals surface area contributed by atoms with Gasteiger partial charge in [0.25, 0.3) is 5.91 Å². The molecule has 0 saturated carbocycles. The summed E-state index contributed by atoms with van der Waals surface area (Å²) in [6, 6.07) is 9.83. The van der Waals surface area contributed by atoms with Crippen molar-refractivity contribution < 1.29 is 29.0 Å². The molecule has 2 heterocycles. The minimum Gasteiger partial charge on any atom is -0.548 e. The van der Waals surface area contributed by atoms with Crippen LogP contribution in [0.3, 0.4) is 0 Å².